The number of halogens is 4. The molecular weight excluding hydrogens is 618 g/mol. The molecule has 3 aliphatic heterocycles. The SMILES string of the molecule is CNC(=O)N1CCC(Oc2ccc(Cl)c(F)c2[C@H]2NC(=O)C[C@@H](C3C=CC=C(Cl)C3)[C@]23C(=O)Nc2cc(Cl)ccc23)CC1. The van der Waals surface area contributed by atoms with E-state index in [0.29, 0.717) is 53.7 Å². The molecule has 0 aromatic heterocycles. The second kappa shape index (κ2) is 11.7. The minimum absolute atomic E-state index is 0.00124. The van der Waals surface area contributed by atoms with Crippen molar-refractivity contribution in [2.75, 3.05) is 25.5 Å². The summed E-state index contributed by atoms with van der Waals surface area (Å²) in [5.74, 6) is -2.20. The average molecular weight is 648 g/mol. The Morgan fingerprint density at radius 1 is 1.12 bits per heavy atom. The predicted octanol–water partition coefficient (Wildman–Crippen LogP) is 6.08. The molecular formula is C31H30Cl3FN4O4. The van der Waals surface area contributed by atoms with Gasteiger partial charge in [-0.05, 0) is 54.2 Å². The minimum Gasteiger partial charge on any atom is -0.490 e. The average Bonchev–Trinajstić information content (AvgIpc) is 3.27. The molecule has 2 aromatic rings. The maximum absolute atomic E-state index is 16.4. The van der Waals surface area contributed by atoms with Crippen LogP contribution in [0.2, 0.25) is 10.0 Å². The maximum atomic E-state index is 16.4. The number of allylic oxidation sites excluding steroid dienone is 4. The number of ether oxygens (including phenoxy) is 1. The monoisotopic (exact) mass is 646 g/mol. The van der Waals surface area contributed by atoms with Crippen molar-refractivity contribution in [3.8, 4) is 5.75 Å². The van der Waals surface area contributed by atoms with Crippen molar-refractivity contribution in [2.24, 2.45) is 11.8 Å². The molecule has 2 aromatic carbocycles. The number of fused-ring (bicyclic) bond motifs is 2. The molecule has 4 aliphatic rings. The van der Waals surface area contributed by atoms with Gasteiger partial charge in [0.25, 0.3) is 0 Å². The van der Waals surface area contributed by atoms with E-state index in [1.54, 1.807) is 42.3 Å². The van der Waals surface area contributed by atoms with Gasteiger partial charge in [0.05, 0.1) is 16.6 Å². The van der Waals surface area contributed by atoms with Crippen molar-refractivity contribution < 1.29 is 23.5 Å². The molecule has 1 spiro atoms. The van der Waals surface area contributed by atoms with Crippen LogP contribution in [0.25, 0.3) is 0 Å². The van der Waals surface area contributed by atoms with E-state index in [1.165, 1.54) is 6.07 Å². The van der Waals surface area contributed by atoms with Gasteiger partial charge in [-0.2, -0.15) is 0 Å². The summed E-state index contributed by atoms with van der Waals surface area (Å²) in [4.78, 5) is 41.6. The van der Waals surface area contributed by atoms with E-state index in [-0.39, 0.29) is 52.6 Å². The van der Waals surface area contributed by atoms with E-state index in [0.717, 1.165) is 0 Å². The summed E-state index contributed by atoms with van der Waals surface area (Å²) in [7, 11) is 1.58. The molecule has 3 heterocycles. The third-order valence-corrected chi connectivity index (χ3v) is 9.81. The molecule has 2 fully saturated rings. The van der Waals surface area contributed by atoms with Gasteiger partial charge in [0.1, 0.15) is 17.3 Å². The van der Waals surface area contributed by atoms with E-state index < -0.39 is 23.2 Å². The second-order valence-electron chi connectivity index (χ2n) is 11.3. The third kappa shape index (κ3) is 5.15. The highest BCUT2D eigenvalue weighted by Gasteiger charge is 2.63. The van der Waals surface area contributed by atoms with Gasteiger partial charge in [-0.25, -0.2) is 9.18 Å². The van der Waals surface area contributed by atoms with Crippen molar-refractivity contribution in [3.63, 3.8) is 0 Å². The first-order valence-corrected chi connectivity index (χ1v) is 15.3. The van der Waals surface area contributed by atoms with E-state index in [9.17, 15) is 14.4 Å². The first kappa shape index (κ1) is 29.8. The summed E-state index contributed by atoms with van der Waals surface area (Å²) in [6, 6.07) is 6.73. The molecule has 4 amide bonds. The molecule has 2 saturated heterocycles. The zero-order valence-corrected chi connectivity index (χ0v) is 25.5. The molecule has 8 nitrogen and oxygen atoms in total. The van der Waals surface area contributed by atoms with Crippen LogP contribution in [0.5, 0.6) is 5.75 Å². The Morgan fingerprint density at radius 2 is 1.88 bits per heavy atom. The van der Waals surface area contributed by atoms with E-state index in [2.05, 4.69) is 16.0 Å². The quantitative estimate of drug-likeness (QED) is 0.375. The summed E-state index contributed by atoms with van der Waals surface area (Å²) in [6.45, 7) is 0.918. The second-order valence-corrected chi connectivity index (χ2v) is 12.7. The molecule has 0 radical (unpaired) electrons. The molecule has 0 bridgehead atoms. The Hall–Kier alpha value is -3.27. The van der Waals surface area contributed by atoms with Crippen LogP contribution < -0.4 is 20.7 Å². The summed E-state index contributed by atoms with van der Waals surface area (Å²) < 4.78 is 22.8. The number of carbonyl (C=O) groups excluding carboxylic acids is 3. The lowest BCUT2D eigenvalue weighted by Gasteiger charge is -2.49. The van der Waals surface area contributed by atoms with Crippen molar-refractivity contribution >= 4 is 58.3 Å². The van der Waals surface area contributed by atoms with Crippen LogP contribution in [0.15, 0.2) is 53.6 Å². The highest BCUT2D eigenvalue weighted by atomic mass is 35.5. The minimum atomic E-state index is -1.44. The van der Waals surface area contributed by atoms with Crippen LogP contribution in [0.4, 0.5) is 14.9 Å². The van der Waals surface area contributed by atoms with Gasteiger partial charge in [0.15, 0.2) is 5.82 Å². The number of carbonyl (C=O) groups is 3. The molecule has 1 unspecified atom stereocenters. The lowest BCUT2D eigenvalue weighted by Crippen LogP contribution is -2.59. The number of nitrogens with one attached hydrogen (secondary N) is 3. The van der Waals surface area contributed by atoms with Gasteiger partial charge in [-0.3, -0.25) is 9.59 Å². The molecule has 12 heteroatoms. The number of likely N-dealkylation sites (tertiary alicyclic amines) is 1. The highest BCUT2D eigenvalue weighted by molar-refractivity contribution is 6.31. The Labute approximate surface area is 263 Å². The first-order valence-electron chi connectivity index (χ1n) is 14.2. The van der Waals surface area contributed by atoms with Gasteiger partial charge < -0.3 is 25.6 Å². The lowest BCUT2D eigenvalue weighted by molar-refractivity contribution is -0.135. The van der Waals surface area contributed by atoms with Gasteiger partial charge in [0.2, 0.25) is 11.8 Å². The Balaban J connectivity index is 1.48. The molecule has 4 atom stereocenters. The molecule has 6 rings (SSSR count). The van der Waals surface area contributed by atoms with Crippen molar-refractivity contribution in [3.05, 3.63) is 80.6 Å². The largest absolute Gasteiger partial charge is 0.490 e. The number of rotatable bonds is 4. The van der Waals surface area contributed by atoms with E-state index in [4.69, 9.17) is 39.5 Å². The number of hydrogen-bond acceptors (Lipinski definition) is 4. The van der Waals surface area contributed by atoms with Gasteiger partial charge in [-0.15, -0.1) is 0 Å². The zero-order chi connectivity index (χ0) is 30.5. The van der Waals surface area contributed by atoms with Gasteiger partial charge in [-0.1, -0.05) is 53.0 Å². The van der Waals surface area contributed by atoms with Crippen LogP contribution in [0.1, 0.15) is 42.9 Å². The first-order chi connectivity index (χ1) is 20.6. The Kier molecular flexibility index (Phi) is 8.08. The molecule has 3 N–H and O–H groups in total. The third-order valence-electron chi connectivity index (χ3n) is 9.00. The fourth-order valence-electron chi connectivity index (χ4n) is 7.06. The molecule has 0 saturated carbocycles. The normalized spacial score (nSPS) is 27.0. The fraction of sp³-hybridized carbons (Fsp3) is 0.387. The van der Waals surface area contributed by atoms with Crippen LogP contribution in [-0.2, 0) is 15.0 Å². The number of amides is 4. The Morgan fingerprint density at radius 3 is 2.60 bits per heavy atom. The number of benzene rings is 2. The predicted molar refractivity (Wildman–Crippen MR) is 163 cm³/mol. The van der Waals surface area contributed by atoms with Crippen molar-refractivity contribution in [2.45, 2.75) is 43.2 Å². The fourth-order valence-corrected chi connectivity index (χ4v) is 7.64. The lowest BCUT2D eigenvalue weighted by atomic mass is 9.56. The number of piperidine rings is 2. The highest BCUT2D eigenvalue weighted by Crippen LogP contribution is 2.59. The van der Waals surface area contributed by atoms with E-state index >= 15 is 4.39 Å². The van der Waals surface area contributed by atoms with Crippen LogP contribution in [-0.4, -0.2) is 49.0 Å². The summed E-state index contributed by atoms with van der Waals surface area (Å²) in [5, 5.41) is 9.41. The summed E-state index contributed by atoms with van der Waals surface area (Å²) in [6.07, 6.45) is 6.68. The van der Waals surface area contributed by atoms with Gasteiger partial charge in [0, 0.05) is 55.1 Å². The molecule has 43 heavy (non-hydrogen) atoms. The molecule has 1 aliphatic carbocycles. The number of nitrogens with zero attached hydrogens (tertiary/aromatic N) is 1. The number of hydrogen-bond donors (Lipinski definition) is 3. The number of urea groups is 1. The number of anilines is 1. The van der Waals surface area contributed by atoms with E-state index in [1.807, 2.05) is 12.2 Å². The smallest absolute Gasteiger partial charge is 0.317 e. The van der Waals surface area contributed by atoms with Crippen molar-refractivity contribution in [1.82, 2.24) is 15.5 Å². The topological polar surface area (TPSA) is 99.8 Å². The van der Waals surface area contributed by atoms with Crippen LogP contribution >= 0.6 is 34.8 Å². The van der Waals surface area contributed by atoms with Crippen molar-refractivity contribution in [1.29, 1.82) is 0 Å². The zero-order valence-electron chi connectivity index (χ0n) is 23.3. The van der Waals surface area contributed by atoms with Crippen LogP contribution in [0.3, 0.4) is 0 Å². The standard InChI is InChI=1S/C31H30Cl3FN4O4/c1-36-30(42)39-11-9-19(10-12-39)43-24-8-7-22(34)27(35)26(24)28-31(20-6-5-18(33)14-23(20)37-29(31)41)21(15-25(40)38-28)16-3-2-4-17(32)13-16/h2-8,14,16,19,21,28H,9-13,15H2,1H3,(H,36,42)(H,37,41)(H,38,40)/t16?,21-,28+,31-/m0/s1. The summed E-state index contributed by atoms with van der Waals surface area (Å²) in [5.41, 5.74) is -0.348. The van der Waals surface area contributed by atoms with Crippen LogP contribution in [0, 0.1) is 17.7 Å². The summed E-state index contributed by atoms with van der Waals surface area (Å²) >= 11 is 19.1. The van der Waals surface area contributed by atoms with Gasteiger partial charge >= 0.3 is 6.03 Å². The Bertz CT molecular complexity index is 1560. The molecule has 226 valence electrons. The maximum Gasteiger partial charge on any atom is 0.317 e.